The molecule has 1 aliphatic rings. The number of nitrogens with zero attached hydrogens (tertiary/aromatic N) is 4. The largest absolute Gasteiger partial charge is 0.338 e. The van der Waals surface area contributed by atoms with E-state index < -0.39 is 0 Å². The Hall–Kier alpha value is -1.56. The molecule has 6 nitrogen and oxygen atoms in total. The SMILES string of the molecule is CCC(=O)N1CC(N(Cc2c(C)cnn2C)C(=O)CCl)C1. The predicted molar refractivity (Wildman–Crippen MR) is 79.9 cm³/mol. The number of likely N-dealkylation sites (tertiary alicyclic amines) is 1. The Bertz CT molecular complexity index is 518. The maximum absolute atomic E-state index is 12.1. The van der Waals surface area contributed by atoms with Crippen molar-refractivity contribution >= 4 is 23.4 Å². The molecule has 0 saturated carbocycles. The highest BCUT2D eigenvalue weighted by Gasteiger charge is 2.36. The number of aromatic nitrogens is 2. The fraction of sp³-hybridized carbons (Fsp3) is 0.643. The van der Waals surface area contributed by atoms with Gasteiger partial charge in [-0.2, -0.15) is 5.10 Å². The summed E-state index contributed by atoms with van der Waals surface area (Å²) in [6.07, 6.45) is 2.28. The van der Waals surface area contributed by atoms with Gasteiger partial charge in [0, 0.05) is 26.6 Å². The molecule has 1 saturated heterocycles. The van der Waals surface area contributed by atoms with Gasteiger partial charge in [0.2, 0.25) is 11.8 Å². The molecule has 1 aromatic heterocycles. The third-order valence-corrected chi connectivity index (χ3v) is 4.21. The summed E-state index contributed by atoms with van der Waals surface area (Å²) in [6, 6.07) is 0.0426. The first kappa shape index (κ1) is 15.8. The van der Waals surface area contributed by atoms with Crippen LogP contribution in [0.4, 0.5) is 0 Å². The Labute approximate surface area is 129 Å². The quantitative estimate of drug-likeness (QED) is 0.760. The summed E-state index contributed by atoms with van der Waals surface area (Å²) in [5, 5.41) is 4.20. The number of hydrogen-bond acceptors (Lipinski definition) is 3. The molecule has 1 aliphatic heterocycles. The first-order valence-electron chi connectivity index (χ1n) is 7.08. The zero-order valence-corrected chi connectivity index (χ0v) is 13.4. The molecule has 1 fully saturated rings. The Morgan fingerprint density at radius 2 is 2.14 bits per heavy atom. The lowest BCUT2D eigenvalue weighted by molar-refractivity contribution is -0.145. The Kier molecular flexibility index (Phi) is 4.88. The van der Waals surface area contributed by atoms with E-state index in [9.17, 15) is 9.59 Å². The maximum Gasteiger partial charge on any atom is 0.238 e. The van der Waals surface area contributed by atoms with Gasteiger partial charge in [0.25, 0.3) is 0 Å². The van der Waals surface area contributed by atoms with E-state index in [0.717, 1.165) is 11.3 Å². The monoisotopic (exact) mass is 312 g/mol. The molecule has 1 aromatic rings. The highest BCUT2D eigenvalue weighted by Crippen LogP contribution is 2.20. The van der Waals surface area contributed by atoms with E-state index in [-0.39, 0.29) is 23.7 Å². The molecule has 0 N–H and O–H groups in total. The molecule has 0 aliphatic carbocycles. The van der Waals surface area contributed by atoms with Crippen LogP contribution in [0.5, 0.6) is 0 Å². The summed E-state index contributed by atoms with van der Waals surface area (Å²) in [7, 11) is 1.86. The lowest BCUT2D eigenvalue weighted by Crippen LogP contribution is -2.62. The van der Waals surface area contributed by atoms with Crippen LogP contribution in [0, 0.1) is 6.92 Å². The van der Waals surface area contributed by atoms with Crippen molar-refractivity contribution in [3.05, 3.63) is 17.5 Å². The summed E-state index contributed by atoms with van der Waals surface area (Å²) >= 11 is 5.72. The smallest absolute Gasteiger partial charge is 0.238 e. The van der Waals surface area contributed by atoms with Crippen molar-refractivity contribution in [2.75, 3.05) is 19.0 Å². The molecule has 0 spiro atoms. The van der Waals surface area contributed by atoms with Crippen LogP contribution in [0.25, 0.3) is 0 Å². The van der Waals surface area contributed by atoms with Crippen LogP contribution >= 0.6 is 11.6 Å². The van der Waals surface area contributed by atoms with Crippen LogP contribution in [-0.2, 0) is 23.2 Å². The first-order chi connectivity index (χ1) is 9.97. The molecule has 0 bridgehead atoms. The number of alkyl halides is 1. The van der Waals surface area contributed by atoms with Crippen molar-refractivity contribution in [3.8, 4) is 0 Å². The van der Waals surface area contributed by atoms with E-state index in [4.69, 9.17) is 11.6 Å². The minimum absolute atomic E-state index is 0.0426. The molecule has 2 rings (SSSR count). The number of carbonyl (C=O) groups excluding carboxylic acids is 2. The number of amides is 2. The van der Waals surface area contributed by atoms with Crippen LogP contribution in [0.2, 0.25) is 0 Å². The van der Waals surface area contributed by atoms with Crippen molar-refractivity contribution in [2.24, 2.45) is 7.05 Å². The fourth-order valence-corrected chi connectivity index (χ4v) is 2.69. The lowest BCUT2D eigenvalue weighted by Gasteiger charge is -2.45. The number of rotatable bonds is 5. The second-order valence-electron chi connectivity index (χ2n) is 5.36. The number of carbonyl (C=O) groups is 2. The third kappa shape index (κ3) is 3.20. The minimum atomic E-state index is -0.106. The fourth-order valence-electron chi connectivity index (χ4n) is 2.54. The molecular formula is C14H21ClN4O2. The van der Waals surface area contributed by atoms with E-state index in [1.807, 2.05) is 20.9 Å². The molecule has 116 valence electrons. The average Bonchev–Trinajstić information content (AvgIpc) is 2.74. The van der Waals surface area contributed by atoms with Gasteiger partial charge in [-0.05, 0) is 12.5 Å². The van der Waals surface area contributed by atoms with Gasteiger partial charge < -0.3 is 9.80 Å². The first-order valence-corrected chi connectivity index (χ1v) is 7.62. The molecule has 0 radical (unpaired) electrons. The topological polar surface area (TPSA) is 58.4 Å². The highest BCUT2D eigenvalue weighted by molar-refractivity contribution is 6.27. The Morgan fingerprint density at radius 1 is 1.48 bits per heavy atom. The molecule has 0 aromatic carbocycles. The van der Waals surface area contributed by atoms with Crippen LogP contribution in [0.3, 0.4) is 0 Å². The second-order valence-corrected chi connectivity index (χ2v) is 5.63. The predicted octanol–water partition coefficient (Wildman–Crippen LogP) is 0.917. The molecule has 0 atom stereocenters. The summed E-state index contributed by atoms with van der Waals surface area (Å²) in [6.45, 7) is 5.47. The van der Waals surface area contributed by atoms with Crippen molar-refractivity contribution < 1.29 is 9.59 Å². The zero-order chi connectivity index (χ0) is 15.6. The van der Waals surface area contributed by atoms with E-state index in [1.165, 1.54) is 0 Å². The molecule has 2 amide bonds. The van der Waals surface area contributed by atoms with Crippen LogP contribution < -0.4 is 0 Å². The second kappa shape index (κ2) is 6.47. The maximum atomic E-state index is 12.1. The summed E-state index contributed by atoms with van der Waals surface area (Å²) in [4.78, 5) is 27.2. The Morgan fingerprint density at radius 3 is 2.62 bits per heavy atom. The highest BCUT2D eigenvalue weighted by atomic mass is 35.5. The number of halogens is 1. The summed E-state index contributed by atoms with van der Waals surface area (Å²) in [5.74, 6) is -0.0260. The van der Waals surface area contributed by atoms with Gasteiger partial charge in [-0.1, -0.05) is 6.92 Å². The van der Waals surface area contributed by atoms with Crippen LogP contribution in [-0.4, -0.2) is 56.4 Å². The Balaban J connectivity index is 2.07. The number of hydrogen-bond donors (Lipinski definition) is 0. The molecule has 7 heteroatoms. The lowest BCUT2D eigenvalue weighted by atomic mass is 10.1. The van der Waals surface area contributed by atoms with Crippen LogP contribution in [0.15, 0.2) is 6.20 Å². The third-order valence-electron chi connectivity index (χ3n) is 3.98. The van der Waals surface area contributed by atoms with Crippen molar-refractivity contribution in [3.63, 3.8) is 0 Å². The zero-order valence-electron chi connectivity index (χ0n) is 12.7. The average molecular weight is 313 g/mol. The van der Waals surface area contributed by atoms with E-state index in [2.05, 4.69) is 5.10 Å². The van der Waals surface area contributed by atoms with Crippen molar-refractivity contribution in [1.82, 2.24) is 19.6 Å². The van der Waals surface area contributed by atoms with Crippen molar-refractivity contribution in [2.45, 2.75) is 32.9 Å². The van der Waals surface area contributed by atoms with Gasteiger partial charge in [-0.25, -0.2) is 0 Å². The normalized spacial score (nSPS) is 15.0. The van der Waals surface area contributed by atoms with Crippen LogP contribution in [0.1, 0.15) is 24.6 Å². The van der Waals surface area contributed by atoms with E-state index >= 15 is 0 Å². The van der Waals surface area contributed by atoms with Gasteiger partial charge in [0.05, 0.1) is 24.5 Å². The van der Waals surface area contributed by atoms with Gasteiger partial charge >= 0.3 is 0 Å². The van der Waals surface area contributed by atoms with Gasteiger partial charge in [0.15, 0.2) is 0 Å². The minimum Gasteiger partial charge on any atom is -0.338 e. The molecular weight excluding hydrogens is 292 g/mol. The van der Waals surface area contributed by atoms with Crippen molar-refractivity contribution in [1.29, 1.82) is 0 Å². The van der Waals surface area contributed by atoms with E-state index in [0.29, 0.717) is 26.1 Å². The molecule has 2 heterocycles. The standard InChI is InChI=1S/C14H21ClN4O2/c1-4-13(20)18-7-11(8-18)19(14(21)5-15)9-12-10(2)6-16-17(12)3/h6,11H,4-5,7-9H2,1-3H3. The summed E-state index contributed by atoms with van der Waals surface area (Å²) < 4.78 is 1.78. The molecule has 21 heavy (non-hydrogen) atoms. The van der Waals surface area contributed by atoms with Gasteiger partial charge in [-0.15, -0.1) is 11.6 Å². The summed E-state index contributed by atoms with van der Waals surface area (Å²) in [5.41, 5.74) is 2.04. The number of aryl methyl sites for hydroxylation is 2. The van der Waals surface area contributed by atoms with Gasteiger partial charge in [-0.3, -0.25) is 14.3 Å². The van der Waals surface area contributed by atoms with E-state index in [1.54, 1.807) is 20.7 Å². The van der Waals surface area contributed by atoms with Gasteiger partial charge in [0.1, 0.15) is 5.88 Å². The molecule has 0 unspecified atom stereocenters.